The first-order chi connectivity index (χ1) is 14.1. The number of piperidine rings is 1. The zero-order valence-electron chi connectivity index (χ0n) is 16.3. The molecule has 1 aliphatic heterocycles. The maximum Gasteiger partial charge on any atom is 0.229 e. The summed E-state index contributed by atoms with van der Waals surface area (Å²) >= 11 is 3.41. The zero-order valence-corrected chi connectivity index (χ0v) is 17.9. The molecule has 1 aromatic heterocycles. The number of nitrogens with zero attached hydrogens (tertiary/aromatic N) is 3. The van der Waals surface area contributed by atoms with Gasteiger partial charge in [0.25, 0.3) is 0 Å². The summed E-state index contributed by atoms with van der Waals surface area (Å²) in [4.78, 5) is 14.9. The third-order valence-electron chi connectivity index (χ3n) is 5.23. The lowest BCUT2D eigenvalue weighted by Gasteiger charge is -2.32. The Morgan fingerprint density at radius 2 is 1.79 bits per heavy atom. The number of anilines is 2. The summed E-state index contributed by atoms with van der Waals surface area (Å²) in [5, 5.41) is 11.9. The van der Waals surface area contributed by atoms with Crippen LogP contribution in [0.2, 0.25) is 0 Å². The molecule has 1 fully saturated rings. The first kappa shape index (κ1) is 19.6. The molecule has 2 aromatic carbocycles. The van der Waals surface area contributed by atoms with Gasteiger partial charge in [-0.2, -0.15) is 0 Å². The van der Waals surface area contributed by atoms with E-state index in [9.17, 15) is 4.79 Å². The van der Waals surface area contributed by atoms with Crippen molar-refractivity contribution in [3.05, 3.63) is 70.7 Å². The van der Waals surface area contributed by atoms with Gasteiger partial charge < -0.3 is 10.2 Å². The van der Waals surface area contributed by atoms with Gasteiger partial charge in [0.15, 0.2) is 5.82 Å². The molecule has 0 radical (unpaired) electrons. The van der Waals surface area contributed by atoms with Crippen molar-refractivity contribution in [2.24, 2.45) is 5.92 Å². The molecule has 6 heteroatoms. The Labute approximate surface area is 179 Å². The molecule has 0 aliphatic carbocycles. The van der Waals surface area contributed by atoms with E-state index >= 15 is 0 Å². The van der Waals surface area contributed by atoms with Crippen molar-refractivity contribution in [3.8, 4) is 11.3 Å². The predicted octanol–water partition coefficient (Wildman–Crippen LogP) is 5.07. The molecule has 1 unspecified atom stereocenters. The van der Waals surface area contributed by atoms with E-state index in [-0.39, 0.29) is 11.8 Å². The van der Waals surface area contributed by atoms with E-state index in [0.29, 0.717) is 6.54 Å². The summed E-state index contributed by atoms with van der Waals surface area (Å²) in [6.45, 7) is 3.61. The number of aryl methyl sites for hydroxylation is 1. The summed E-state index contributed by atoms with van der Waals surface area (Å²) in [5.41, 5.74) is 3.95. The largest absolute Gasteiger partial charge is 0.354 e. The Kier molecular flexibility index (Phi) is 5.90. The standard InChI is InChI=1S/C23H23BrN4O/c1-16-4-6-17(7-5-16)21-12-13-22(27-26-21)28-14-2-3-18(15-28)23(29)25-20-10-8-19(24)9-11-20/h4-13,18H,2-3,14-15H2,1H3,(H,25,29). The van der Waals surface area contributed by atoms with Crippen LogP contribution in [0.1, 0.15) is 18.4 Å². The van der Waals surface area contributed by atoms with Crippen LogP contribution in [0, 0.1) is 12.8 Å². The number of nitrogens with one attached hydrogen (secondary N) is 1. The molecule has 1 N–H and O–H groups in total. The van der Waals surface area contributed by atoms with Gasteiger partial charge in [-0.15, -0.1) is 10.2 Å². The van der Waals surface area contributed by atoms with E-state index < -0.39 is 0 Å². The van der Waals surface area contributed by atoms with Gasteiger partial charge in [-0.05, 0) is 56.2 Å². The van der Waals surface area contributed by atoms with Crippen LogP contribution >= 0.6 is 15.9 Å². The Balaban J connectivity index is 1.41. The molecule has 5 nitrogen and oxygen atoms in total. The van der Waals surface area contributed by atoms with Gasteiger partial charge in [-0.25, -0.2) is 0 Å². The van der Waals surface area contributed by atoms with Gasteiger partial charge in [0.2, 0.25) is 5.91 Å². The van der Waals surface area contributed by atoms with E-state index in [4.69, 9.17) is 0 Å². The van der Waals surface area contributed by atoms with Crippen molar-refractivity contribution in [3.63, 3.8) is 0 Å². The van der Waals surface area contributed by atoms with Crippen molar-refractivity contribution < 1.29 is 4.79 Å². The Hall–Kier alpha value is -2.73. The second kappa shape index (κ2) is 8.74. The van der Waals surface area contributed by atoms with Crippen molar-refractivity contribution in [2.45, 2.75) is 19.8 Å². The fourth-order valence-electron chi connectivity index (χ4n) is 3.55. The fraction of sp³-hybridized carbons (Fsp3) is 0.261. The normalized spacial score (nSPS) is 16.5. The Morgan fingerprint density at radius 1 is 1.03 bits per heavy atom. The number of rotatable bonds is 4. The summed E-state index contributed by atoms with van der Waals surface area (Å²) in [6, 6.07) is 19.9. The van der Waals surface area contributed by atoms with Crippen LogP contribution in [0.5, 0.6) is 0 Å². The number of carbonyl (C=O) groups is 1. The third kappa shape index (κ3) is 4.82. The van der Waals surface area contributed by atoms with Crippen LogP contribution in [-0.4, -0.2) is 29.2 Å². The van der Waals surface area contributed by atoms with Gasteiger partial charge in [-0.1, -0.05) is 45.8 Å². The van der Waals surface area contributed by atoms with Gasteiger partial charge in [0.05, 0.1) is 11.6 Å². The van der Waals surface area contributed by atoms with Crippen LogP contribution in [0.25, 0.3) is 11.3 Å². The highest BCUT2D eigenvalue weighted by Gasteiger charge is 2.26. The lowest BCUT2D eigenvalue weighted by Crippen LogP contribution is -2.41. The van der Waals surface area contributed by atoms with E-state index in [2.05, 4.69) is 67.5 Å². The van der Waals surface area contributed by atoms with E-state index in [1.165, 1.54) is 5.56 Å². The number of hydrogen-bond acceptors (Lipinski definition) is 4. The lowest BCUT2D eigenvalue weighted by molar-refractivity contribution is -0.120. The van der Waals surface area contributed by atoms with Crippen molar-refractivity contribution in [2.75, 3.05) is 23.3 Å². The quantitative estimate of drug-likeness (QED) is 0.602. The minimum atomic E-state index is -0.0639. The topological polar surface area (TPSA) is 58.1 Å². The van der Waals surface area contributed by atoms with Crippen LogP contribution in [0.15, 0.2) is 65.1 Å². The number of amides is 1. The summed E-state index contributed by atoms with van der Waals surface area (Å²) in [5.74, 6) is 0.814. The fourth-order valence-corrected chi connectivity index (χ4v) is 3.81. The highest BCUT2D eigenvalue weighted by atomic mass is 79.9. The average molecular weight is 451 g/mol. The van der Waals surface area contributed by atoms with Gasteiger partial charge in [0, 0.05) is 28.8 Å². The molecule has 1 atom stereocenters. The molecule has 148 valence electrons. The smallest absolute Gasteiger partial charge is 0.229 e. The highest BCUT2D eigenvalue weighted by Crippen LogP contribution is 2.25. The summed E-state index contributed by atoms with van der Waals surface area (Å²) in [6.07, 6.45) is 1.84. The second-order valence-corrected chi connectivity index (χ2v) is 8.34. The molecular weight excluding hydrogens is 428 g/mol. The maximum atomic E-state index is 12.7. The molecule has 2 heterocycles. The monoisotopic (exact) mass is 450 g/mol. The molecule has 3 aromatic rings. The van der Waals surface area contributed by atoms with Crippen molar-refractivity contribution >= 4 is 33.3 Å². The average Bonchev–Trinajstić information content (AvgIpc) is 2.76. The lowest BCUT2D eigenvalue weighted by atomic mass is 9.97. The van der Waals surface area contributed by atoms with Crippen LogP contribution in [0.4, 0.5) is 11.5 Å². The molecule has 4 rings (SSSR count). The van der Waals surface area contributed by atoms with Crippen molar-refractivity contribution in [1.82, 2.24) is 10.2 Å². The Morgan fingerprint density at radius 3 is 2.48 bits per heavy atom. The van der Waals surface area contributed by atoms with Crippen LogP contribution in [-0.2, 0) is 4.79 Å². The van der Waals surface area contributed by atoms with E-state index in [1.807, 2.05) is 36.4 Å². The number of hydrogen-bond donors (Lipinski definition) is 1. The van der Waals surface area contributed by atoms with Gasteiger partial charge in [-0.3, -0.25) is 4.79 Å². The zero-order chi connectivity index (χ0) is 20.2. The number of aromatic nitrogens is 2. The van der Waals surface area contributed by atoms with Crippen LogP contribution < -0.4 is 10.2 Å². The highest BCUT2D eigenvalue weighted by molar-refractivity contribution is 9.10. The molecule has 1 saturated heterocycles. The van der Waals surface area contributed by atoms with E-state index in [0.717, 1.165) is 46.6 Å². The van der Waals surface area contributed by atoms with Gasteiger partial charge in [0.1, 0.15) is 0 Å². The molecule has 0 spiro atoms. The molecular formula is C23H23BrN4O. The molecule has 29 heavy (non-hydrogen) atoms. The predicted molar refractivity (Wildman–Crippen MR) is 120 cm³/mol. The van der Waals surface area contributed by atoms with Gasteiger partial charge >= 0.3 is 0 Å². The minimum Gasteiger partial charge on any atom is -0.354 e. The summed E-state index contributed by atoms with van der Waals surface area (Å²) in [7, 11) is 0. The SMILES string of the molecule is Cc1ccc(-c2ccc(N3CCCC(C(=O)Nc4ccc(Br)cc4)C3)nn2)cc1. The number of halogens is 1. The minimum absolute atomic E-state index is 0.0567. The molecule has 0 bridgehead atoms. The number of benzene rings is 2. The van der Waals surface area contributed by atoms with Crippen LogP contribution in [0.3, 0.4) is 0 Å². The second-order valence-electron chi connectivity index (χ2n) is 7.42. The number of carbonyl (C=O) groups excluding carboxylic acids is 1. The van der Waals surface area contributed by atoms with E-state index in [1.54, 1.807) is 0 Å². The molecule has 1 aliphatic rings. The Bertz CT molecular complexity index is 971. The first-order valence-corrected chi connectivity index (χ1v) is 10.6. The molecule has 1 amide bonds. The first-order valence-electron chi connectivity index (χ1n) is 9.80. The third-order valence-corrected chi connectivity index (χ3v) is 5.75. The summed E-state index contributed by atoms with van der Waals surface area (Å²) < 4.78 is 0.993. The molecule has 0 saturated carbocycles. The maximum absolute atomic E-state index is 12.7. The van der Waals surface area contributed by atoms with Crippen molar-refractivity contribution in [1.29, 1.82) is 0 Å².